The number of anilines is 2. The lowest BCUT2D eigenvalue weighted by Gasteiger charge is -2.30. The van der Waals surface area contributed by atoms with Crippen LogP contribution in [0.3, 0.4) is 0 Å². The highest BCUT2D eigenvalue weighted by Crippen LogP contribution is 2.31. The van der Waals surface area contributed by atoms with E-state index < -0.39 is 0 Å². The highest BCUT2D eigenvalue weighted by atomic mass is 16.5. The van der Waals surface area contributed by atoms with Crippen molar-refractivity contribution in [2.24, 2.45) is 11.8 Å². The lowest BCUT2D eigenvalue weighted by molar-refractivity contribution is -0.136. The second kappa shape index (κ2) is 21.3. The molecule has 0 bridgehead atoms. The molecule has 1 aliphatic heterocycles. The maximum atomic E-state index is 13.2. The van der Waals surface area contributed by atoms with E-state index in [1.54, 1.807) is 12.2 Å². The van der Waals surface area contributed by atoms with Gasteiger partial charge in [0.05, 0.1) is 0 Å². The van der Waals surface area contributed by atoms with Crippen LogP contribution >= 0.6 is 0 Å². The summed E-state index contributed by atoms with van der Waals surface area (Å²) in [7, 11) is 2.08. The fraction of sp³-hybridized carbons (Fsp3) is 0.373. The fourth-order valence-electron chi connectivity index (χ4n) is 7.87. The SMILES string of the molecule is C=C/C(=C\C=C(/C)c1ccc(OCc2ccc(OC3CCCN(C(=O)C4CCC(C)CC4)CC3)cc2)cc1)C(=O)Nc1cccc(N(C)CCCc2ccccc2)c1. The molecule has 1 saturated carbocycles. The van der Waals surface area contributed by atoms with E-state index in [0.29, 0.717) is 18.1 Å². The summed E-state index contributed by atoms with van der Waals surface area (Å²) in [5, 5.41) is 3.04. The Morgan fingerprint density at radius 1 is 0.828 bits per heavy atom. The highest BCUT2D eigenvalue weighted by Gasteiger charge is 2.30. The van der Waals surface area contributed by atoms with Crippen LogP contribution in [0.15, 0.2) is 134 Å². The van der Waals surface area contributed by atoms with Crippen LogP contribution in [-0.4, -0.2) is 49.5 Å². The van der Waals surface area contributed by atoms with E-state index >= 15 is 0 Å². The van der Waals surface area contributed by atoms with Crippen molar-refractivity contribution in [1.82, 2.24) is 4.90 Å². The van der Waals surface area contributed by atoms with Gasteiger partial charge < -0.3 is 24.6 Å². The molecule has 1 saturated heterocycles. The zero-order chi connectivity index (χ0) is 40.7. The number of hydrogen-bond donors (Lipinski definition) is 1. The number of carbonyl (C=O) groups is 2. The van der Waals surface area contributed by atoms with E-state index in [0.717, 1.165) is 110 Å². The first-order valence-corrected chi connectivity index (χ1v) is 21.2. The average Bonchev–Trinajstić information content (AvgIpc) is 3.49. The van der Waals surface area contributed by atoms with Crippen molar-refractivity contribution in [1.29, 1.82) is 0 Å². The Labute approximate surface area is 346 Å². The van der Waals surface area contributed by atoms with Crippen LogP contribution in [0.1, 0.15) is 81.9 Å². The zero-order valence-corrected chi connectivity index (χ0v) is 34.7. The second-order valence-corrected chi connectivity index (χ2v) is 16.1. The third-order valence-corrected chi connectivity index (χ3v) is 11.6. The van der Waals surface area contributed by atoms with Crippen molar-refractivity contribution in [3.63, 3.8) is 0 Å². The van der Waals surface area contributed by atoms with E-state index in [9.17, 15) is 9.59 Å². The van der Waals surface area contributed by atoms with Gasteiger partial charge in [-0.3, -0.25) is 9.59 Å². The fourth-order valence-corrected chi connectivity index (χ4v) is 7.87. The molecule has 1 aliphatic carbocycles. The maximum Gasteiger partial charge on any atom is 0.255 e. The molecular weight excluding hydrogens is 719 g/mol. The van der Waals surface area contributed by atoms with Crippen molar-refractivity contribution in [2.75, 3.05) is 36.9 Å². The molecule has 7 nitrogen and oxygen atoms in total. The van der Waals surface area contributed by atoms with Gasteiger partial charge in [0.1, 0.15) is 24.2 Å². The second-order valence-electron chi connectivity index (χ2n) is 16.1. The number of ether oxygens (including phenoxy) is 2. The summed E-state index contributed by atoms with van der Waals surface area (Å²) in [5.41, 5.74) is 6.73. The van der Waals surface area contributed by atoms with Gasteiger partial charge >= 0.3 is 0 Å². The predicted molar refractivity (Wildman–Crippen MR) is 238 cm³/mol. The van der Waals surface area contributed by atoms with Gasteiger partial charge in [0.2, 0.25) is 5.91 Å². The first kappa shape index (κ1) is 42.1. The minimum Gasteiger partial charge on any atom is -0.490 e. The molecule has 7 heteroatoms. The Morgan fingerprint density at radius 3 is 2.31 bits per heavy atom. The molecule has 0 spiro atoms. The monoisotopic (exact) mass is 779 g/mol. The number of aryl methyl sites for hydroxylation is 1. The lowest BCUT2D eigenvalue weighted by Crippen LogP contribution is -2.38. The number of carbonyl (C=O) groups excluding carboxylic acids is 2. The Morgan fingerprint density at radius 2 is 1.57 bits per heavy atom. The smallest absolute Gasteiger partial charge is 0.255 e. The third kappa shape index (κ3) is 12.5. The largest absolute Gasteiger partial charge is 0.490 e. The lowest BCUT2D eigenvalue weighted by atomic mass is 9.82. The Kier molecular flexibility index (Phi) is 15.4. The van der Waals surface area contributed by atoms with Gasteiger partial charge in [-0.15, -0.1) is 0 Å². The molecule has 2 amide bonds. The van der Waals surface area contributed by atoms with E-state index in [4.69, 9.17) is 9.47 Å². The molecule has 1 atom stereocenters. The zero-order valence-electron chi connectivity index (χ0n) is 34.7. The van der Waals surface area contributed by atoms with Gasteiger partial charge in [-0.2, -0.15) is 0 Å². The van der Waals surface area contributed by atoms with E-state index in [1.165, 1.54) is 18.4 Å². The molecule has 0 radical (unpaired) electrons. The molecule has 1 heterocycles. The molecule has 1 unspecified atom stereocenters. The van der Waals surface area contributed by atoms with Crippen LogP contribution in [0.5, 0.6) is 11.5 Å². The Hall–Kier alpha value is -5.56. The molecule has 0 aromatic heterocycles. The summed E-state index contributed by atoms with van der Waals surface area (Å²) in [6, 6.07) is 34.6. The average molecular weight is 780 g/mol. The number of benzene rings is 4. The van der Waals surface area contributed by atoms with E-state index in [-0.39, 0.29) is 17.9 Å². The standard InChI is InChI=1S/C51H61N3O4/c1-5-42(50(55)52-45-15-9-16-46(36-45)53(4)33-10-14-40-12-7-6-8-13-40)25-20-39(3)43-26-30-47(31-27-43)57-37-41-21-28-49(29-22-41)58-48-17-11-34-54(35-32-48)51(56)44-23-18-38(2)19-24-44/h5-9,12-13,15-16,20-22,25-31,36,38,44,48H,1,10-11,14,17-19,23-24,32-35,37H2,2-4H3,(H,52,55)/b39-20+,42-25+. The van der Waals surface area contributed by atoms with Crippen molar-refractivity contribution in [3.05, 3.63) is 150 Å². The highest BCUT2D eigenvalue weighted by molar-refractivity contribution is 6.06. The van der Waals surface area contributed by atoms with Crippen molar-refractivity contribution in [3.8, 4) is 11.5 Å². The number of rotatable bonds is 16. The number of nitrogens with one attached hydrogen (secondary N) is 1. The third-order valence-electron chi connectivity index (χ3n) is 11.6. The van der Waals surface area contributed by atoms with Crippen LogP contribution in [0.2, 0.25) is 0 Å². The molecule has 2 fully saturated rings. The molecule has 6 rings (SSSR count). The van der Waals surface area contributed by atoms with E-state index in [2.05, 4.69) is 78.1 Å². The predicted octanol–water partition coefficient (Wildman–Crippen LogP) is 11.1. The van der Waals surface area contributed by atoms with Crippen molar-refractivity contribution in [2.45, 2.75) is 84.3 Å². The van der Waals surface area contributed by atoms with Crippen LogP contribution in [0, 0.1) is 11.8 Å². The molecule has 58 heavy (non-hydrogen) atoms. The summed E-state index contributed by atoms with van der Waals surface area (Å²) in [6.07, 6.45) is 14.8. The van der Waals surface area contributed by atoms with Gasteiger partial charge in [-0.25, -0.2) is 0 Å². The number of hydrogen-bond acceptors (Lipinski definition) is 5. The van der Waals surface area contributed by atoms with Crippen LogP contribution < -0.4 is 19.7 Å². The van der Waals surface area contributed by atoms with Gasteiger partial charge in [-0.1, -0.05) is 86.3 Å². The molecule has 2 aliphatic rings. The maximum absolute atomic E-state index is 13.2. The molecule has 1 N–H and O–H groups in total. The van der Waals surface area contributed by atoms with E-state index in [1.807, 2.05) is 73.7 Å². The van der Waals surface area contributed by atoms with Crippen molar-refractivity contribution >= 4 is 28.8 Å². The van der Waals surface area contributed by atoms with Crippen LogP contribution in [-0.2, 0) is 22.6 Å². The normalized spacial score (nSPS) is 18.8. The Bertz CT molecular complexity index is 2000. The van der Waals surface area contributed by atoms with Crippen molar-refractivity contribution < 1.29 is 19.1 Å². The Balaban J connectivity index is 0.936. The van der Waals surface area contributed by atoms with Gasteiger partial charge in [0.25, 0.3) is 5.91 Å². The molecule has 304 valence electrons. The number of amides is 2. The summed E-state index contributed by atoms with van der Waals surface area (Å²) >= 11 is 0. The number of allylic oxidation sites excluding steroid dienone is 3. The summed E-state index contributed by atoms with van der Waals surface area (Å²) in [6.45, 7) is 11.2. The topological polar surface area (TPSA) is 71.1 Å². The first-order chi connectivity index (χ1) is 28.2. The van der Waals surface area contributed by atoms with Crippen LogP contribution in [0.4, 0.5) is 11.4 Å². The van der Waals surface area contributed by atoms with Gasteiger partial charge in [-0.05, 0) is 135 Å². The summed E-state index contributed by atoms with van der Waals surface area (Å²) < 4.78 is 12.5. The van der Waals surface area contributed by atoms with Gasteiger partial charge in [0.15, 0.2) is 0 Å². The number of likely N-dealkylation sites (tertiary alicyclic amines) is 1. The van der Waals surface area contributed by atoms with Gasteiger partial charge in [0, 0.05) is 56.0 Å². The molecule has 4 aromatic rings. The molecule has 4 aromatic carbocycles. The molecular formula is C51H61N3O4. The van der Waals surface area contributed by atoms with Crippen LogP contribution in [0.25, 0.3) is 5.57 Å². The summed E-state index contributed by atoms with van der Waals surface area (Å²) in [5.74, 6) is 2.76. The minimum absolute atomic E-state index is 0.120. The first-order valence-electron chi connectivity index (χ1n) is 21.2. The minimum atomic E-state index is -0.209. The number of nitrogens with zero attached hydrogens (tertiary/aromatic N) is 2. The quantitative estimate of drug-likeness (QED) is 0.0906. The summed E-state index contributed by atoms with van der Waals surface area (Å²) in [4.78, 5) is 30.7.